The van der Waals surface area contributed by atoms with Crippen molar-refractivity contribution in [2.24, 2.45) is 5.73 Å². The lowest BCUT2D eigenvalue weighted by Gasteiger charge is -2.21. The summed E-state index contributed by atoms with van der Waals surface area (Å²) < 4.78 is 10.6. The van der Waals surface area contributed by atoms with Gasteiger partial charge in [-0.15, -0.1) is 0 Å². The van der Waals surface area contributed by atoms with Crippen molar-refractivity contribution < 1.29 is 14.3 Å². The van der Waals surface area contributed by atoms with E-state index in [4.69, 9.17) is 15.2 Å². The van der Waals surface area contributed by atoms with Crippen LogP contribution >= 0.6 is 0 Å². The molecular formula is C13H18N2O3. The summed E-state index contributed by atoms with van der Waals surface area (Å²) >= 11 is 0. The van der Waals surface area contributed by atoms with E-state index in [0.29, 0.717) is 18.7 Å². The van der Waals surface area contributed by atoms with Crippen molar-refractivity contribution in [2.75, 3.05) is 25.7 Å². The Morgan fingerprint density at radius 1 is 1.33 bits per heavy atom. The van der Waals surface area contributed by atoms with Crippen LogP contribution in [0.5, 0.6) is 11.5 Å². The van der Waals surface area contributed by atoms with Gasteiger partial charge in [-0.25, -0.2) is 0 Å². The molecule has 98 valence electrons. The Labute approximate surface area is 106 Å². The standard InChI is InChI=1S/C13H18N2O3/c1-8-11(17-2)5-4-10(13(8)18-3)15-7-9(14)6-12(15)16/h4-5,9H,6-7,14H2,1-3H3. The van der Waals surface area contributed by atoms with Gasteiger partial charge in [-0.2, -0.15) is 0 Å². The van der Waals surface area contributed by atoms with Crippen molar-refractivity contribution in [3.8, 4) is 11.5 Å². The molecule has 5 nitrogen and oxygen atoms in total. The van der Waals surface area contributed by atoms with Gasteiger partial charge in [0, 0.05) is 24.6 Å². The summed E-state index contributed by atoms with van der Waals surface area (Å²) in [5, 5.41) is 0. The van der Waals surface area contributed by atoms with Crippen LogP contribution in [0.25, 0.3) is 0 Å². The molecule has 1 amide bonds. The van der Waals surface area contributed by atoms with Crippen molar-refractivity contribution in [1.29, 1.82) is 0 Å². The molecule has 2 rings (SSSR count). The number of nitrogens with two attached hydrogens (primary N) is 1. The molecule has 0 bridgehead atoms. The monoisotopic (exact) mass is 250 g/mol. The molecule has 1 aromatic rings. The van der Waals surface area contributed by atoms with Gasteiger partial charge in [0.15, 0.2) is 0 Å². The SMILES string of the molecule is COc1ccc(N2CC(N)CC2=O)c(OC)c1C. The molecule has 0 aliphatic carbocycles. The van der Waals surface area contributed by atoms with Gasteiger partial charge in [-0.3, -0.25) is 4.79 Å². The third-order valence-electron chi connectivity index (χ3n) is 3.21. The van der Waals surface area contributed by atoms with Crippen molar-refractivity contribution in [3.63, 3.8) is 0 Å². The molecule has 2 N–H and O–H groups in total. The smallest absolute Gasteiger partial charge is 0.228 e. The van der Waals surface area contributed by atoms with Crippen LogP contribution in [0.2, 0.25) is 0 Å². The van der Waals surface area contributed by atoms with Gasteiger partial charge in [0.25, 0.3) is 0 Å². The number of nitrogens with zero attached hydrogens (tertiary/aromatic N) is 1. The highest BCUT2D eigenvalue weighted by molar-refractivity contribution is 5.98. The number of anilines is 1. The zero-order chi connectivity index (χ0) is 13.3. The van der Waals surface area contributed by atoms with Crippen molar-refractivity contribution in [2.45, 2.75) is 19.4 Å². The van der Waals surface area contributed by atoms with E-state index in [9.17, 15) is 4.79 Å². The van der Waals surface area contributed by atoms with E-state index >= 15 is 0 Å². The average molecular weight is 250 g/mol. The maximum absolute atomic E-state index is 11.9. The molecule has 1 fully saturated rings. The Morgan fingerprint density at radius 3 is 2.56 bits per heavy atom. The third kappa shape index (κ3) is 2.01. The van der Waals surface area contributed by atoms with Crippen LogP contribution in [0.3, 0.4) is 0 Å². The number of rotatable bonds is 3. The molecule has 1 aliphatic heterocycles. The van der Waals surface area contributed by atoms with Gasteiger partial charge in [-0.05, 0) is 19.1 Å². The van der Waals surface area contributed by atoms with Crippen LogP contribution in [0.15, 0.2) is 12.1 Å². The van der Waals surface area contributed by atoms with Crippen molar-refractivity contribution in [1.82, 2.24) is 0 Å². The Balaban J connectivity index is 2.45. The number of hydrogen-bond donors (Lipinski definition) is 1. The first-order valence-corrected chi connectivity index (χ1v) is 5.86. The molecule has 0 saturated carbocycles. The highest BCUT2D eigenvalue weighted by atomic mass is 16.5. The maximum atomic E-state index is 11.9. The van der Waals surface area contributed by atoms with E-state index in [2.05, 4.69) is 0 Å². The number of benzene rings is 1. The number of carbonyl (C=O) groups excluding carboxylic acids is 1. The third-order valence-corrected chi connectivity index (χ3v) is 3.21. The van der Waals surface area contributed by atoms with E-state index in [0.717, 1.165) is 17.0 Å². The van der Waals surface area contributed by atoms with Crippen molar-refractivity contribution in [3.05, 3.63) is 17.7 Å². The molecule has 5 heteroatoms. The molecule has 1 saturated heterocycles. The summed E-state index contributed by atoms with van der Waals surface area (Å²) in [7, 11) is 3.20. The van der Waals surface area contributed by atoms with E-state index in [1.54, 1.807) is 19.1 Å². The number of ether oxygens (including phenoxy) is 2. The zero-order valence-corrected chi connectivity index (χ0v) is 10.9. The minimum atomic E-state index is -0.107. The summed E-state index contributed by atoms with van der Waals surface area (Å²) in [4.78, 5) is 13.6. The second-order valence-corrected chi connectivity index (χ2v) is 4.41. The Bertz CT molecular complexity index is 474. The topological polar surface area (TPSA) is 64.8 Å². The van der Waals surface area contributed by atoms with E-state index in [-0.39, 0.29) is 11.9 Å². The second-order valence-electron chi connectivity index (χ2n) is 4.41. The highest BCUT2D eigenvalue weighted by Gasteiger charge is 2.30. The van der Waals surface area contributed by atoms with E-state index in [1.165, 1.54) is 0 Å². The molecule has 1 aromatic carbocycles. The summed E-state index contributed by atoms with van der Waals surface area (Å²) in [5.74, 6) is 1.44. The fourth-order valence-corrected chi connectivity index (χ4v) is 2.32. The van der Waals surface area contributed by atoms with Crippen LogP contribution in [0.1, 0.15) is 12.0 Å². The van der Waals surface area contributed by atoms with Gasteiger partial charge >= 0.3 is 0 Å². The van der Waals surface area contributed by atoms with Gasteiger partial charge in [-0.1, -0.05) is 0 Å². The highest BCUT2D eigenvalue weighted by Crippen LogP contribution is 2.38. The van der Waals surface area contributed by atoms with Crippen LogP contribution in [0.4, 0.5) is 5.69 Å². The largest absolute Gasteiger partial charge is 0.496 e. The van der Waals surface area contributed by atoms with Crippen molar-refractivity contribution >= 4 is 11.6 Å². The fourth-order valence-electron chi connectivity index (χ4n) is 2.32. The lowest BCUT2D eigenvalue weighted by Crippen LogP contribution is -2.28. The summed E-state index contributed by atoms with van der Waals surface area (Å²) in [6.07, 6.45) is 0.383. The average Bonchev–Trinajstić information content (AvgIpc) is 2.68. The second kappa shape index (κ2) is 4.86. The first-order chi connectivity index (χ1) is 8.58. The van der Waals surface area contributed by atoms with Crippen LogP contribution in [-0.2, 0) is 4.79 Å². The summed E-state index contributed by atoms with van der Waals surface area (Å²) in [6, 6.07) is 3.56. The van der Waals surface area contributed by atoms with Gasteiger partial charge in [0.1, 0.15) is 11.5 Å². The number of amides is 1. The lowest BCUT2D eigenvalue weighted by molar-refractivity contribution is -0.117. The fraction of sp³-hybridized carbons (Fsp3) is 0.462. The molecule has 1 atom stereocenters. The zero-order valence-electron chi connectivity index (χ0n) is 10.9. The first-order valence-electron chi connectivity index (χ1n) is 5.86. The molecule has 1 unspecified atom stereocenters. The van der Waals surface area contributed by atoms with E-state index < -0.39 is 0 Å². The van der Waals surface area contributed by atoms with Gasteiger partial charge in [0.05, 0.1) is 19.9 Å². The molecular weight excluding hydrogens is 232 g/mol. The minimum Gasteiger partial charge on any atom is -0.496 e. The van der Waals surface area contributed by atoms with Gasteiger partial charge < -0.3 is 20.1 Å². The number of methoxy groups -OCH3 is 2. The normalized spacial score (nSPS) is 19.2. The predicted molar refractivity (Wildman–Crippen MR) is 69.2 cm³/mol. The molecule has 1 heterocycles. The quantitative estimate of drug-likeness (QED) is 0.871. The molecule has 0 spiro atoms. The summed E-state index contributed by atoms with van der Waals surface area (Å²) in [5.41, 5.74) is 7.45. The lowest BCUT2D eigenvalue weighted by atomic mass is 10.1. The number of hydrogen-bond acceptors (Lipinski definition) is 4. The van der Waals surface area contributed by atoms with Crippen LogP contribution < -0.4 is 20.1 Å². The molecule has 18 heavy (non-hydrogen) atoms. The Hall–Kier alpha value is -1.75. The van der Waals surface area contributed by atoms with E-state index in [1.807, 2.05) is 19.1 Å². The van der Waals surface area contributed by atoms with Crippen LogP contribution in [-0.4, -0.2) is 32.7 Å². The molecule has 0 aromatic heterocycles. The maximum Gasteiger partial charge on any atom is 0.228 e. The summed E-state index contributed by atoms with van der Waals surface area (Å²) in [6.45, 7) is 2.43. The molecule has 1 aliphatic rings. The molecule has 0 radical (unpaired) electrons. The number of carbonyl (C=O) groups is 1. The first kappa shape index (κ1) is 12.7. The Kier molecular flexibility index (Phi) is 3.43. The predicted octanol–water partition coefficient (Wildman–Crippen LogP) is 1.08. The minimum absolute atomic E-state index is 0.0327. The van der Waals surface area contributed by atoms with Crippen LogP contribution in [0, 0.1) is 6.92 Å². The Morgan fingerprint density at radius 2 is 2.06 bits per heavy atom. The van der Waals surface area contributed by atoms with Gasteiger partial charge in [0.2, 0.25) is 5.91 Å².